The maximum absolute atomic E-state index is 12.5. The van der Waals surface area contributed by atoms with E-state index >= 15 is 0 Å². The molecule has 2 aromatic carbocycles. The molecule has 0 aliphatic carbocycles. The van der Waals surface area contributed by atoms with Gasteiger partial charge in [0.05, 0.1) is 0 Å². The van der Waals surface area contributed by atoms with Crippen molar-refractivity contribution in [1.29, 1.82) is 0 Å². The number of amides is 1. The van der Waals surface area contributed by atoms with Crippen molar-refractivity contribution in [3.63, 3.8) is 0 Å². The first-order valence-electron chi connectivity index (χ1n) is 7.66. The third kappa shape index (κ3) is 3.58. The SMILES string of the molecule is O=C(O)[C@@H]1CN(C(=O)c2ccc(-c3ccc(Cl)cc3)cc2)CCN1. The van der Waals surface area contributed by atoms with Crippen molar-refractivity contribution in [2.75, 3.05) is 19.6 Å². The summed E-state index contributed by atoms with van der Waals surface area (Å²) < 4.78 is 0. The average molecular weight is 345 g/mol. The van der Waals surface area contributed by atoms with Gasteiger partial charge >= 0.3 is 5.97 Å². The van der Waals surface area contributed by atoms with E-state index in [4.69, 9.17) is 16.7 Å². The molecule has 1 amide bonds. The molecule has 0 bridgehead atoms. The van der Waals surface area contributed by atoms with Gasteiger partial charge in [0.1, 0.15) is 6.04 Å². The molecule has 2 aromatic rings. The highest BCUT2D eigenvalue weighted by Crippen LogP contribution is 2.22. The molecular weight excluding hydrogens is 328 g/mol. The number of halogens is 1. The summed E-state index contributed by atoms with van der Waals surface area (Å²) >= 11 is 5.89. The first-order chi connectivity index (χ1) is 11.5. The third-order valence-electron chi connectivity index (χ3n) is 4.07. The Labute approximate surface area is 144 Å². The number of aliphatic carboxylic acids is 1. The number of carbonyl (C=O) groups excluding carboxylic acids is 1. The van der Waals surface area contributed by atoms with E-state index in [9.17, 15) is 9.59 Å². The Balaban J connectivity index is 1.74. The van der Waals surface area contributed by atoms with Gasteiger partial charge in [0.2, 0.25) is 0 Å². The van der Waals surface area contributed by atoms with Gasteiger partial charge in [-0.05, 0) is 35.4 Å². The molecule has 2 N–H and O–H groups in total. The topological polar surface area (TPSA) is 69.6 Å². The van der Waals surface area contributed by atoms with Crippen LogP contribution in [0.4, 0.5) is 0 Å². The van der Waals surface area contributed by atoms with E-state index in [1.54, 1.807) is 17.0 Å². The second-order valence-electron chi connectivity index (χ2n) is 5.68. The van der Waals surface area contributed by atoms with E-state index < -0.39 is 12.0 Å². The molecule has 1 aliphatic heterocycles. The zero-order valence-corrected chi connectivity index (χ0v) is 13.7. The van der Waals surface area contributed by atoms with Crippen molar-refractivity contribution in [3.8, 4) is 11.1 Å². The zero-order valence-electron chi connectivity index (χ0n) is 12.9. The van der Waals surface area contributed by atoms with Gasteiger partial charge in [0.15, 0.2) is 0 Å². The van der Waals surface area contributed by atoms with Crippen molar-refractivity contribution in [1.82, 2.24) is 10.2 Å². The average Bonchev–Trinajstić information content (AvgIpc) is 2.62. The minimum Gasteiger partial charge on any atom is -0.480 e. The quantitative estimate of drug-likeness (QED) is 0.897. The fourth-order valence-electron chi connectivity index (χ4n) is 2.73. The minimum atomic E-state index is -0.939. The van der Waals surface area contributed by atoms with Gasteiger partial charge in [-0.15, -0.1) is 0 Å². The largest absolute Gasteiger partial charge is 0.480 e. The first kappa shape index (κ1) is 16.5. The van der Waals surface area contributed by atoms with Crippen LogP contribution in [-0.4, -0.2) is 47.6 Å². The van der Waals surface area contributed by atoms with E-state index in [2.05, 4.69) is 5.32 Å². The van der Waals surface area contributed by atoms with Crippen LogP contribution in [0.5, 0.6) is 0 Å². The van der Waals surface area contributed by atoms with E-state index in [0.29, 0.717) is 23.7 Å². The number of rotatable bonds is 3. The first-order valence-corrected chi connectivity index (χ1v) is 8.04. The molecule has 0 saturated carbocycles. The molecule has 0 unspecified atom stereocenters. The molecule has 0 radical (unpaired) electrons. The van der Waals surface area contributed by atoms with Gasteiger partial charge in [-0.2, -0.15) is 0 Å². The Morgan fingerprint density at radius 3 is 2.21 bits per heavy atom. The van der Waals surface area contributed by atoms with Crippen molar-refractivity contribution in [3.05, 3.63) is 59.1 Å². The molecule has 0 spiro atoms. The fraction of sp³-hybridized carbons (Fsp3) is 0.222. The van der Waals surface area contributed by atoms with Crippen LogP contribution in [-0.2, 0) is 4.79 Å². The lowest BCUT2D eigenvalue weighted by Crippen LogP contribution is -2.55. The predicted molar refractivity (Wildman–Crippen MR) is 92.2 cm³/mol. The molecule has 1 fully saturated rings. The lowest BCUT2D eigenvalue weighted by Gasteiger charge is -2.31. The number of hydrogen-bond donors (Lipinski definition) is 2. The third-order valence-corrected chi connectivity index (χ3v) is 4.32. The molecule has 1 saturated heterocycles. The summed E-state index contributed by atoms with van der Waals surface area (Å²) in [6.45, 7) is 1.15. The van der Waals surface area contributed by atoms with Crippen molar-refractivity contribution in [2.24, 2.45) is 0 Å². The molecule has 24 heavy (non-hydrogen) atoms. The summed E-state index contributed by atoms with van der Waals surface area (Å²) in [6, 6.07) is 14.1. The van der Waals surface area contributed by atoms with Gasteiger partial charge < -0.3 is 15.3 Å². The number of hydrogen-bond acceptors (Lipinski definition) is 3. The van der Waals surface area contributed by atoms with Crippen molar-refractivity contribution < 1.29 is 14.7 Å². The van der Waals surface area contributed by atoms with E-state index in [-0.39, 0.29) is 12.5 Å². The van der Waals surface area contributed by atoms with Gasteiger partial charge in [0, 0.05) is 30.2 Å². The van der Waals surface area contributed by atoms with Crippen LogP contribution in [0.2, 0.25) is 5.02 Å². The van der Waals surface area contributed by atoms with Crippen LogP contribution in [0.15, 0.2) is 48.5 Å². The zero-order chi connectivity index (χ0) is 17.1. The molecular formula is C18H17ClN2O3. The fourth-order valence-corrected chi connectivity index (χ4v) is 2.86. The molecule has 124 valence electrons. The van der Waals surface area contributed by atoms with Crippen LogP contribution in [0.3, 0.4) is 0 Å². The smallest absolute Gasteiger partial charge is 0.322 e. The van der Waals surface area contributed by atoms with E-state index in [1.807, 2.05) is 36.4 Å². The van der Waals surface area contributed by atoms with Crippen LogP contribution < -0.4 is 5.32 Å². The summed E-state index contributed by atoms with van der Waals surface area (Å²) in [6.07, 6.45) is 0. The molecule has 1 heterocycles. The summed E-state index contributed by atoms with van der Waals surface area (Å²) in [5, 5.41) is 12.6. The molecule has 3 rings (SSSR count). The summed E-state index contributed by atoms with van der Waals surface area (Å²) in [7, 11) is 0. The molecule has 0 aromatic heterocycles. The Morgan fingerprint density at radius 1 is 1.04 bits per heavy atom. The predicted octanol–water partition coefficient (Wildman–Crippen LogP) is 2.51. The highest BCUT2D eigenvalue weighted by atomic mass is 35.5. The van der Waals surface area contributed by atoms with Crippen molar-refractivity contribution in [2.45, 2.75) is 6.04 Å². The number of nitrogens with one attached hydrogen (secondary N) is 1. The molecule has 1 aliphatic rings. The summed E-state index contributed by atoms with van der Waals surface area (Å²) in [5.41, 5.74) is 2.57. The number of nitrogens with zero attached hydrogens (tertiary/aromatic N) is 1. The highest BCUT2D eigenvalue weighted by Gasteiger charge is 2.28. The normalized spacial score (nSPS) is 17.5. The van der Waals surface area contributed by atoms with Gasteiger partial charge in [0.25, 0.3) is 5.91 Å². The van der Waals surface area contributed by atoms with Gasteiger partial charge in [-0.3, -0.25) is 9.59 Å². The highest BCUT2D eigenvalue weighted by molar-refractivity contribution is 6.30. The molecule has 5 nitrogen and oxygen atoms in total. The Bertz CT molecular complexity index is 744. The van der Waals surface area contributed by atoms with E-state index in [0.717, 1.165) is 11.1 Å². The lowest BCUT2D eigenvalue weighted by atomic mass is 10.0. The van der Waals surface area contributed by atoms with Crippen LogP contribution in [0, 0.1) is 0 Å². The number of carbonyl (C=O) groups is 2. The van der Waals surface area contributed by atoms with Gasteiger partial charge in [-0.25, -0.2) is 0 Å². The van der Waals surface area contributed by atoms with Crippen LogP contribution >= 0.6 is 11.6 Å². The minimum absolute atomic E-state index is 0.148. The monoisotopic (exact) mass is 344 g/mol. The van der Waals surface area contributed by atoms with E-state index in [1.165, 1.54) is 0 Å². The summed E-state index contributed by atoms with van der Waals surface area (Å²) in [4.78, 5) is 25.2. The Kier molecular flexibility index (Phi) is 4.83. The summed E-state index contributed by atoms with van der Waals surface area (Å²) in [5.74, 6) is -1.09. The molecule has 6 heteroatoms. The number of piperazine rings is 1. The van der Waals surface area contributed by atoms with Crippen molar-refractivity contribution >= 4 is 23.5 Å². The second kappa shape index (κ2) is 7.03. The number of benzene rings is 2. The lowest BCUT2D eigenvalue weighted by molar-refractivity contribution is -0.140. The molecule has 1 atom stereocenters. The maximum atomic E-state index is 12.5. The Hall–Kier alpha value is -2.37. The maximum Gasteiger partial charge on any atom is 0.322 e. The van der Waals surface area contributed by atoms with Crippen LogP contribution in [0.1, 0.15) is 10.4 Å². The van der Waals surface area contributed by atoms with Crippen LogP contribution in [0.25, 0.3) is 11.1 Å². The number of carboxylic acid groups (broad SMARTS) is 1. The second-order valence-corrected chi connectivity index (χ2v) is 6.12. The standard InChI is InChI=1S/C18H17ClN2O3/c19-15-7-5-13(6-8-15)12-1-3-14(4-2-12)17(22)21-10-9-20-16(11-21)18(23)24/h1-8,16,20H,9-11H2,(H,23,24)/t16-/m0/s1. The number of carboxylic acids is 1. The van der Waals surface area contributed by atoms with Gasteiger partial charge in [-0.1, -0.05) is 35.9 Å². The Morgan fingerprint density at radius 2 is 1.62 bits per heavy atom.